The summed E-state index contributed by atoms with van der Waals surface area (Å²) >= 11 is 0. The number of hydrogen-bond acceptors (Lipinski definition) is 8. The summed E-state index contributed by atoms with van der Waals surface area (Å²) in [4.78, 5) is 34.6. The molecule has 4 heterocycles. The number of alkyl halides is 3. The minimum Gasteiger partial charge on any atom is -0.480 e. The average molecular weight is 564 g/mol. The number of halogens is 4. The number of methoxy groups -OCH3 is 1. The Labute approximate surface area is 229 Å². The lowest BCUT2D eigenvalue weighted by Crippen LogP contribution is -2.27. The van der Waals surface area contributed by atoms with Crippen LogP contribution in [-0.2, 0) is 12.8 Å². The SMILES string of the molecule is COc1ncnc(C2CC2)c1-c1nc(OCc2ccc(-n3cccc(C(F)(F)F)c3=O)c(F)c2)c2ncccc2n1. The fourth-order valence-corrected chi connectivity index (χ4v) is 4.45. The molecule has 0 aliphatic heterocycles. The predicted molar refractivity (Wildman–Crippen MR) is 138 cm³/mol. The minimum absolute atomic E-state index is 0.122. The van der Waals surface area contributed by atoms with Gasteiger partial charge in [-0.1, -0.05) is 6.07 Å². The maximum Gasteiger partial charge on any atom is 0.421 e. The molecule has 1 aromatic carbocycles. The van der Waals surface area contributed by atoms with E-state index in [1.54, 1.807) is 18.3 Å². The van der Waals surface area contributed by atoms with E-state index in [0.717, 1.165) is 36.9 Å². The Balaban J connectivity index is 1.34. The molecule has 1 aliphatic carbocycles. The maximum atomic E-state index is 15.1. The van der Waals surface area contributed by atoms with E-state index in [-0.39, 0.29) is 29.9 Å². The van der Waals surface area contributed by atoms with Crippen LogP contribution in [0.3, 0.4) is 0 Å². The van der Waals surface area contributed by atoms with Crippen LogP contribution >= 0.6 is 0 Å². The van der Waals surface area contributed by atoms with Crippen molar-refractivity contribution in [3.05, 3.63) is 94.2 Å². The van der Waals surface area contributed by atoms with Crippen LogP contribution in [0.1, 0.15) is 35.6 Å². The quantitative estimate of drug-likeness (QED) is 0.247. The smallest absolute Gasteiger partial charge is 0.421 e. The zero-order valence-electron chi connectivity index (χ0n) is 21.4. The van der Waals surface area contributed by atoms with Crippen molar-refractivity contribution in [3.63, 3.8) is 0 Å². The highest BCUT2D eigenvalue weighted by Crippen LogP contribution is 2.45. The van der Waals surface area contributed by atoms with E-state index in [0.29, 0.717) is 38.7 Å². The van der Waals surface area contributed by atoms with E-state index in [9.17, 15) is 18.0 Å². The molecule has 1 aliphatic rings. The first kappa shape index (κ1) is 26.3. The topological polar surface area (TPSA) is 105 Å². The van der Waals surface area contributed by atoms with Crippen LogP contribution in [-0.4, -0.2) is 36.6 Å². The third-order valence-electron chi connectivity index (χ3n) is 6.55. The Bertz CT molecular complexity index is 1840. The van der Waals surface area contributed by atoms with Crippen molar-refractivity contribution < 1.29 is 27.0 Å². The molecule has 0 radical (unpaired) electrons. The predicted octanol–water partition coefficient (Wildman–Crippen LogP) is 5.26. The average Bonchev–Trinajstić information content (AvgIpc) is 3.81. The molecule has 5 aromatic rings. The van der Waals surface area contributed by atoms with Gasteiger partial charge in [-0.15, -0.1) is 0 Å². The molecule has 6 rings (SSSR count). The van der Waals surface area contributed by atoms with Crippen molar-refractivity contribution in [2.24, 2.45) is 0 Å². The molecule has 1 fully saturated rings. The Hall–Kier alpha value is -4.94. The Kier molecular flexibility index (Phi) is 6.56. The Morgan fingerprint density at radius 2 is 1.85 bits per heavy atom. The monoisotopic (exact) mass is 564 g/mol. The molecule has 0 atom stereocenters. The number of pyridine rings is 2. The molecule has 13 heteroatoms. The van der Waals surface area contributed by atoms with Gasteiger partial charge in [0.15, 0.2) is 11.3 Å². The van der Waals surface area contributed by atoms with Crippen molar-refractivity contribution in [1.29, 1.82) is 0 Å². The lowest BCUT2D eigenvalue weighted by Gasteiger charge is -2.14. The summed E-state index contributed by atoms with van der Waals surface area (Å²) in [5.74, 6) is 0.0603. The van der Waals surface area contributed by atoms with Gasteiger partial charge in [0.2, 0.25) is 11.8 Å². The van der Waals surface area contributed by atoms with Crippen molar-refractivity contribution in [2.45, 2.75) is 31.5 Å². The van der Waals surface area contributed by atoms with E-state index in [1.165, 1.54) is 25.6 Å². The molecule has 0 amide bonds. The summed E-state index contributed by atoms with van der Waals surface area (Å²) in [6, 6.07) is 8.89. The van der Waals surface area contributed by atoms with E-state index >= 15 is 4.39 Å². The highest BCUT2D eigenvalue weighted by molar-refractivity contribution is 5.82. The Morgan fingerprint density at radius 1 is 1.02 bits per heavy atom. The van der Waals surface area contributed by atoms with Crippen LogP contribution in [0.4, 0.5) is 17.6 Å². The normalized spacial score (nSPS) is 13.4. The van der Waals surface area contributed by atoms with E-state index in [4.69, 9.17) is 9.47 Å². The second-order valence-electron chi connectivity index (χ2n) is 9.31. The molecule has 0 saturated heterocycles. The zero-order chi connectivity index (χ0) is 28.7. The second kappa shape index (κ2) is 10.2. The van der Waals surface area contributed by atoms with Crippen molar-refractivity contribution in [1.82, 2.24) is 29.5 Å². The molecule has 41 heavy (non-hydrogen) atoms. The van der Waals surface area contributed by atoms with Crippen molar-refractivity contribution >= 4 is 11.0 Å². The molecule has 0 unspecified atom stereocenters. The number of benzene rings is 1. The van der Waals surface area contributed by atoms with Crippen LogP contribution in [0, 0.1) is 5.82 Å². The first-order chi connectivity index (χ1) is 19.7. The van der Waals surface area contributed by atoms with Crippen molar-refractivity contribution in [2.75, 3.05) is 7.11 Å². The standard InChI is InChI=1S/C28H20F4N6O3/c1-40-25-21(22(16-7-8-16)34-14-35-25)24-36-19-5-2-10-33-23(19)26(37-24)41-13-15-6-9-20(18(29)12-15)38-11-3-4-17(27(38)39)28(30,31)32/h2-6,9-12,14,16H,7-8,13H2,1H3. The van der Waals surface area contributed by atoms with Crippen LogP contribution in [0.25, 0.3) is 28.1 Å². The highest BCUT2D eigenvalue weighted by atomic mass is 19.4. The summed E-state index contributed by atoms with van der Waals surface area (Å²) in [7, 11) is 1.49. The van der Waals surface area contributed by atoms with Crippen molar-refractivity contribution in [3.8, 4) is 28.8 Å². The summed E-state index contributed by atoms with van der Waals surface area (Å²) < 4.78 is 66.6. The highest BCUT2D eigenvalue weighted by Gasteiger charge is 2.35. The van der Waals surface area contributed by atoms with Crippen LogP contribution in [0.15, 0.2) is 66.0 Å². The fraction of sp³-hybridized carbons (Fsp3) is 0.214. The van der Waals surface area contributed by atoms with E-state index in [1.807, 2.05) is 0 Å². The van der Waals surface area contributed by atoms with E-state index in [2.05, 4.69) is 24.9 Å². The fourth-order valence-electron chi connectivity index (χ4n) is 4.45. The lowest BCUT2D eigenvalue weighted by molar-refractivity contribution is -0.138. The molecule has 0 N–H and O–H groups in total. The van der Waals surface area contributed by atoms with Gasteiger partial charge in [-0.2, -0.15) is 18.2 Å². The van der Waals surface area contributed by atoms with Crippen LogP contribution < -0.4 is 15.0 Å². The summed E-state index contributed by atoms with van der Waals surface area (Å²) in [6.07, 6.45) is 1.14. The van der Waals surface area contributed by atoms with Crippen LogP contribution in [0.2, 0.25) is 0 Å². The number of hydrogen-bond donors (Lipinski definition) is 0. The number of rotatable bonds is 7. The zero-order valence-corrected chi connectivity index (χ0v) is 21.4. The molecule has 208 valence electrons. The maximum absolute atomic E-state index is 15.1. The first-order valence-corrected chi connectivity index (χ1v) is 12.5. The number of nitrogens with zero attached hydrogens (tertiary/aromatic N) is 6. The summed E-state index contributed by atoms with van der Waals surface area (Å²) in [5, 5.41) is 0. The molecule has 0 bridgehead atoms. The van der Waals surface area contributed by atoms with Gasteiger partial charge in [0, 0.05) is 18.3 Å². The van der Waals surface area contributed by atoms with Gasteiger partial charge >= 0.3 is 6.18 Å². The minimum atomic E-state index is -4.87. The van der Waals surface area contributed by atoms with Gasteiger partial charge in [0.1, 0.15) is 29.9 Å². The van der Waals surface area contributed by atoms with E-state index < -0.39 is 23.1 Å². The second-order valence-corrected chi connectivity index (χ2v) is 9.31. The summed E-state index contributed by atoms with van der Waals surface area (Å²) in [5.41, 5.74) is -0.572. The first-order valence-electron chi connectivity index (χ1n) is 12.5. The lowest BCUT2D eigenvalue weighted by atomic mass is 10.1. The number of fused-ring (bicyclic) bond motifs is 1. The van der Waals surface area contributed by atoms with Crippen LogP contribution in [0.5, 0.6) is 11.8 Å². The molecule has 0 spiro atoms. The summed E-state index contributed by atoms with van der Waals surface area (Å²) in [6.45, 7) is -0.158. The van der Waals surface area contributed by atoms with Gasteiger partial charge in [-0.3, -0.25) is 9.36 Å². The molecule has 1 saturated carbocycles. The van der Waals surface area contributed by atoms with Gasteiger partial charge in [-0.25, -0.2) is 24.3 Å². The molecular formula is C28H20F4N6O3. The molecule has 9 nitrogen and oxygen atoms in total. The molecule has 4 aromatic heterocycles. The molecular weight excluding hydrogens is 544 g/mol. The number of ether oxygens (including phenoxy) is 2. The van der Waals surface area contributed by atoms with Gasteiger partial charge in [0.25, 0.3) is 5.56 Å². The van der Waals surface area contributed by atoms with Gasteiger partial charge in [0.05, 0.1) is 24.0 Å². The largest absolute Gasteiger partial charge is 0.480 e. The third-order valence-corrected chi connectivity index (χ3v) is 6.55. The van der Waals surface area contributed by atoms with Gasteiger partial charge in [-0.05, 0) is 54.8 Å². The number of aromatic nitrogens is 6. The Morgan fingerprint density at radius 3 is 2.59 bits per heavy atom. The van der Waals surface area contributed by atoms with Gasteiger partial charge < -0.3 is 9.47 Å². The third kappa shape index (κ3) is 5.06.